The van der Waals surface area contributed by atoms with Crippen molar-refractivity contribution in [2.45, 2.75) is 12.3 Å². The van der Waals surface area contributed by atoms with Crippen LogP contribution in [0.25, 0.3) is 0 Å². The van der Waals surface area contributed by atoms with Gasteiger partial charge in [-0.15, -0.1) is 0 Å². The van der Waals surface area contributed by atoms with Gasteiger partial charge in [0.1, 0.15) is 5.76 Å². The molecule has 1 saturated heterocycles. The number of hydrogen-bond donors (Lipinski definition) is 2. The Bertz CT molecular complexity index is 803. The second kappa shape index (κ2) is 11.5. The smallest absolute Gasteiger partial charge is 0.309 e. The topological polar surface area (TPSA) is 96.3 Å². The van der Waals surface area contributed by atoms with Crippen LogP contribution in [0.1, 0.15) is 11.8 Å². The fraction of sp³-hybridized carbons (Fsp3) is 0.455. The van der Waals surface area contributed by atoms with Crippen LogP contribution in [0.3, 0.4) is 0 Å². The van der Waals surface area contributed by atoms with Crippen LogP contribution in [-0.2, 0) is 19.1 Å². The number of carbonyl (C=O) groups is 2. The van der Waals surface area contributed by atoms with Crippen LogP contribution in [0, 0.1) is 0 Å². The van der Waals surface area contributed by atoms with E-state index in [1.165, 1.54) is 19.9 Å². The number of para-hydroxylation sites is 1. The van der Waals surface area contributed by atoms with Gasteiger partial charge in [0.15, 0.2) is 6.29 Å². The maximum absolute atomic E-state index is 12.3. The molecular formula is C22H30N4O5. The number of ether oxygens (including phenoxy) is 2. The van der Waals surface area contributed by atoms with Gasteiger partial charge in [-0.2, -0.15) is 0 Å². The summed E-state index contributed by atoms with van der Waals surface area (Å²) in [6, 6.07) is 13.9. The number of anilines is 1. The van der Waals surface area contributed by atoms with E-state index in [1.807, 2.05) is 30.3 Å². The zero-order chi connectivity index (χ0) is 22.1. The number of nitrogens with one attached hydrogen (secondary N) is 2. The van der Waals surface area contributed by atoms with Crippen molar-refractivity contribution in [2.24, 2.45) is 0 Å². The van der Waals surface area contributed by atoms with E-state index in [1.54, 1.807) is 6.26 Å². The van der Waals surface area contributed by atoms with Crippen molar-refractivity contribution in [1.29, 1.82) is 0 Å². The summed E-state index contributed by atoms with van der Waals surface area (Å²) in [6.45, 7) is 3.71. The number of benzene rings is 1. The Hall–Kier alpha value is -2.88. The predicted molar refractivity (Wildman–Crippen MR) is 116 cm³/mol. The number of furan rings is 1. The molecule has 0 bridgehead atoms. The van der Waals surface area contributed by atoms with Gasteiger partial charge in [-0.3, -0.25) is 14.5 Å². The number of piperazine rings is 1. The van der Waals surface area contributed by atoms with Crippen LogP contribution in [0.15, 0.2) is 53.1 Å². The second-order valence-electron chi connectivity index (χ2n) is 7.21. The first kappa shape index (κ1) is 22.8. The first-order valence-corrected chi connectivity index (χ1v) is 10.3. The van der Waals surface area contributed by atoms with Crippen molar-refractivity contribution < 1.29 is 23.5 Å². The van der Waals surface area contributed by atoms with Crippen LogP contribution < -0.4 is 15.5 Å². The van der Waals surface area contributed by atoms with E-state index in [4.69, 9.17) is 13.9 Å². The molecule has 2 heterocycles. The van der Waals surface area contributed by atoms with Crippen molar-refractivity contribution in [3.8, 4) is 0 Å². The fourth-order valence-electron chi connectivity index (χ4n) is 3.61. The molecule has 0 spiro atoms. The molecule has 1 aromatic heterocycles. The zero-order valence-corrected chi connectivity index (χ0v) is 18.0. The van der Waals surface area contributed by atoms with E-state index in [2.05, 4.69) is 32.6 Å². The molecule has 168 valence electrons. The normalized spacial score (nSPS) is 15.6. The molecule has 9 heteroatoms. The molecule has 1 aromatic carbocycles. The van der Waals surface area contributed by atoms with Crippen LogP contribution in [-0.4, -0.2) is 76.5 Å². The second-order valence-corrected chi connectivity index (χ2v) is 7.21. The van der Waals surface area contributed by atoms with Crippen LogP contribution >= 0.6 is 0 Å². The maximum Gasteiger partial charge on any atom is 0.309 e. The largest absolute Gasteiger partial charge is 0.468 e. The first-order chi connectivity index (χ1) is 15.1. The van der Waals surface area contributed by atoms with Gasteiger partial charge in [-0.05, 0) is 24.3 Å². The van der Waals surface area contributed by atoms with Gasteiger partial charge in [0, 0.05) is 52.6 Å². The highest BCUT2D eigenvalue weighted by Crippen LogP contribution is 2.24. The number of hydrogen-bond acceptors (Lipinski definition) is 7. The molecule has 2 aromatic rings. The molecule has 2 amide bonds. The third-order valence-corrected chi connectivity index (χ3v) is 5.37. The monoisotopic (exact) mass is 430 g/mol. The van der Waals surface area contributed by atoms with Crippen molar-refractivity contribution >= 4 is 17.5 Å². The van der Waals surface area contributed by atoms with Gasteiger partial charge in [0.25, 0.3) is 0 Å². The van der Waals surface area contributed by atoms with E-state index in [-0.39, 0.29) is 19.1 Å². The standard InChI is InChI=1S/C22H30N4O5/c1-29-20(30-2)16-24-22(28)21(27)23-15-18(19-9-6-14-31-19)26-12-10-25(11-13-26)17-7-4-3-5-8-17/h3-9,14,18,20H,10-13,15-16H2,1-2H3,(H,23,27)(H,24,28)/t18-/m0/s1. The highest BCUT2D eigenvalue weighted by molar-refractivity contribution is 6.35. The van der Waals surface area contributed by atoms with Crippen molar-refractivity contribution in [1.82, 2.24) is 15.5 Å². The summed E-state index contributed by atoms with van der Waals surface area (Å²) in [7, 11) is 2.93. The molecule has 0 radical (unpaired) electrons. The molecule has 0 unspecified atom stereocenters. The average molecular weight is 431 g/mol. The summed E-state index contributed by atoms with van der Waals surface area (Å²) in [5.41, 5.74) is 1.20. The quantitative estimate of drug-likeness (QED) is 0.452. The number of amides is 2. The van der Waals surface area contributed by atoms with Gasteiger partial charge in [0.2, 0.25) is 0 Å². The Morgan fingerprint density at radius 1 is 0.935 bits per heavy atom. The van der Waals surface area contributed by atoms with Gasteiger partial charge in [-0.25, -0.2) is 0 Å². The van der Waals surface area contributed by atoms with Crippen molar-refractivity contribution in [3.63, 3.8) is 0 Å². The van der Waals surface area contributed by atoms with E-state index in [0.717, 1.165) is 31.9 Å². The molecule has 0 aliphatic carbocycles. The summed E-state index contributed by atoms with van der Waals surface area (Å²) >= 11 is 0. The van der Waals surface area contributed by atoms with E-state index < -0.39 is 18.1 Å². The molecule has 1 aliphatic rings. The molecule has 9 nitrogen and oxygen atoms in total. The van der Waals surface area contributed by atoms with E-state index >= 15 is 0 Å². The summed E-state index contributed by atoms with van der Waals surface area (Å²) < 4.78 is 15.6. The Balaban J connectivity index is 1.55. The molecule has 2 N–H and O–H groups in total. The summed E-state index contributed by atoms with van der Waals surface area (Å²) in [6.07, 6.45) is 1.01. The van der Waals surface area contributed by atoms with Gasteiger partial charge in [0.05, 0.1) is 18.8 Å². The number of methoxy groups -OCH3 is 2. The minimum atomic E-state index is -0.730. The Labute approximate surface area is 182 Å². The third-order valence-electron chi connectivity index (χ3n) is 5.37. The maximum atomic E-state index is 12.3. The third kappa shape index (κ3) is 6.30. The molecule has 1 atom stereocenters. The van der Waals surface area contributed by atoms with Crippen molar-refractivity contribution in [2.75, 3.05) is 58.4 Å². The van der Waals surface area contributed by atoms with E-state index in [9.17, 15) is 9.59 Å². The molecule has 3 rings (SSSR count). The molecule has 1 aliphatic heterocycles. The lowest BCUT2D eigenvalue weighted by Gasteiger charge is -2.39. The lowest BCUT2D eigenvalue weighted by atomic mass is 10.1. The van der Waals surface area contributed by atoms with Gasteiger partial charge in [-0.1, -0.05) is 18.2 Å². The highest BCUT2D eigenvalue weighted by Gasteiger charge is 2.28. The van der Waals surface area contributed by atoms with Crippen molar-refractivity contribution in [3.05, 3.63) is 54.5 Å². The first-order valence-electron chi connectivity index (χ1n) is 10.3. The molecule has 0 saturated carbocycles. The molecule has 31 heavy (non-hydrogen) atoms. The van der Waals surface area contributed by atoms with E-state index in [0.29, 0.717) is 0 Å². The number of rotatable bonds is 9. The summed E-state index contributed by atoms with van der Waals surface area (Å²) in [5, 5.41) is 5.22. The lowest BCUT2D eigenvalue weighted by molar-refractivity contribution is -0.141. The SMILES string of the molecule is COC(CNC(=O)C(=O)NC[C@@H](c1ccco1)N1CCN(c2ccccc2)CC1)OC. The number of carbonyl (C=O) groups excluding carboxylic acids is 2. The van der Waals surface area contributed by atoms with Crippen LogP contribution in [0.4, 0.5) is 5.69 Å². The average Bonchev–Trinajstić information content (AvgIpc) is 3.35. The van der Waals surface area contributed by atoms with Gasteiger partial charge >= 0.3 is 11.8 Å². The number of nitrogens with zero attached hydrogens (tertiary/aromatic N) is 2. The Morgan fingerprint density at radius 3 is 2.16 bits per heavy atom. The van der Waals surface area contributed by atoms with Gasteiger partial charge < -0.3 is 29.4 Å². The lowest BCUT2D eigenvalue weighted by Crippen LogP contribution is -2.51. The van der Waals surface area contributed by atoms with Crippen LogP contribution in [0.2, 0.25) is 0 Å². The minimum Gasteiger partial charge on any atom is -0.468 e. The predicted octanol–water partition coefficient (Wildman–Crippen LogP) is 0.994. The summed E-state index contributed by atoms with van der Waals surface area (Å²) in [5.74, 6) is -0.677. The fourth-order valence-corrected chi connectivity index (χ4v) is 3.61. The van der Waals surface area contributed by atoms with Crippen LogP contribution in [0.5, 0.6) is 0 Å². The zero-order valence-electron chi connectivity index (χ0n) is 18.0. The minimum absolute atomic E-state index is 0.0856. The summed E-state index contributed by atoms with van der Waals surface area (Å²) in [4.78, 5) is 28.9. The Morgan fingerprint density at radius 2 is 1.58 bits per heavy atom. The molecular weight excluding hydrogens is 400 g/mol. The highest BCUT2D eigenvalue weighted by atomic mass is 16.7. The Kier molecular flexibility index (Phi) is 8.45. The molecule has 1 fully saturated rings.